The van der Waals surface area contributed by atoms with Crippen molar-refractivity contribution in [2.75, 3.05) is 27.9 Å². The molecule has 1 aromatic rings. The van der Waals surface area contributed by atoms with Crippen molar-refractivity contribution >= 4 is 0 Å². The zero-order valence-corrected chi connectivity index (χ0v) is 12.6. The number of benzene rings is 1. The van der Waals surface area contributed by atoms with Gasteiger partial charge in [0.15, 0.2) is 11.5 Å². The summed E-state index contributed by atoms with van der Waals surface area (Å²) >= 11 is 0. The molecular weight excluding hydrogens is 254 g/mol. The Labute approximate surface area is 121 Å². The normalized spacial score (nSPS) is 20.4. The Hall–Kier alpha value is -1.26. The van der Waals surface area contributed by atoms with Crippen molar-refractivity contribution < 1.29 is 14.2 Å². The molecule has 1 aromatic carbocycles. The molecule has 1 N–H and O–H groups in total. The molecule has 2 atom stereocenters. The van der Waals surface area contributed by atoms with Crippen LogP contribution in [0, 0.1) is 0 Å². The average molecular weight is 279 g/mol. The zero-order valence-electron chi connectivity index (χ0n) is 12.6. The summed E-state index contributed by atoms with van der Waals surface area (Å²) in [6, 6.07) is 6.37. The quantitative estimate of drug-likeness (QED) is 0.869. The molecule has 20 heavy (non-hydrogen) atoms. The molecule has 1 heterocycles. The molecule has 0 amide bonds. The highest BCUT2D eigenvalue weighted by molar-refractivity contribution is 5.43. The fourth-order valence-corrected chi connectivity index (χ4v) is 2.75. The molecule has 0 aliphatic carbocycles. The lowest BCUT2D eigenvalue weighted by Gasteiger charge is -2.27. The van der Waals surface area contributed by atoms with Crippen LogP contribution in [0.2, 0.25) is 0 Å². The summed E-state index contributed by atoms with van der Waals surface area (Å²) in [5.74, 6) is 1.54. The maximum absolute atomic E-state index is 5.84. The third kappa shape index (κ3) is 3.64. The first kappa shape index (κ1) is 15.1. The van der Waals surface area contributed by atoms with Gasteiger partial charge in [-0.15, -0.1) is 0 Å². The van der Waals surface area contributed by atoms with Gasteiger partial charge in [-0.3, -0.25) is 0 Å². The topological polar surface area (TPSA) is 39.7 Å². The maximum Gasteiger partial charge on any atom is 0.161 e. The van der Waals surface area contributed by atoms with E-state index in [9.17, 15) is 0 Å². The van der Waals surface area contributed by atoms with Crippen LogP contribution in [0.4, 0.5) is 0 Å². The third-order valence-corrected chi connectivity index (χ3v) is 3.93. The Balaban J connectivity index is 2.09. The van der Waals surface area contributed by atoms with E-state index in [1.54, 1.807) is 14.2 Å². The Morgan fingerprint density at radius 1 is 1.25 bits per heavy atom. The Bertz CT molecular complexity index is 416. The van der Waals surface area contributed by atoms with Crippen molar-refractivity contribution in [1.82, 2.24) is 5.32 Å². The molecule has 0 aromatic heterocycles. The lowest BCUT2D eigenvalue weighted by Crippen LogP contribution is -2.26. The highest BCUT2D eigenvalue weighted by Crippen LogP contribution is 2.32. The van der Waals surface area contributed by atoms with E-state index in [2.05, 4.69) is 11.4 Å². The van der Waals surface area contributed by atoms with Gasteiger partial charge in [-0.2, -0.15) is 0 Å². The summed E-state index contributed by atoms with van der Waals surface area (Å²) in [5, 5.41) is 3.38. The van der Waals surface area contributed by atoms with Crippen LogP contribution in [0.25, 0.3) is 0 Å². The number of nitrogens with one attached hydrogen (secondary N) is 1. The summed E-state index contributed by atoms with van der Waals surface area (Å²) in [6.07, 6.45) is 4.97. The molecule has 1 aliphatic rings. The van der Waals surface area contributed by atoms with E-state index in [-0.39, 0.29) is 6.04 Å². The van der Waals surface area contributed by atoms with Crippen LogP contribution in [0.15, 0.2) is 18.2 Å². The summed E-state index contributed by atoms with van der Waals surface area (Å²) in [7, 11) is 5.31. The van der Waals surface area contributed by atoms with E-state index in [0.29, 0.717) is 6.10 Å². The lowest BCUT2D eigenvalue weighted by atomic mass is 9.96. The Morgan fingerprint density at radius 3 is 2.65 bits per heavy atom. The molecule has 4 nitrogen and oxygen atoms in total. The highest BCUT2D eigenvalue weighted by atomic mass is 16.5. The molecule has 0 radical (unpaired) electrons. The summed E-state index contributed by atoms with van der Waals surface area (Å²) < 4.78 is 16.5. The molecule has 4 heteroatoms. The van der Waals surface area contributed by atoms with Crippen molar-refractivity contribution in [3.8, 4) is 11.5 Å². The molecule has 1 fully saturated rings. The van der Waals surface area contributed by atoms with Crippen molar-refractivity contribution in [2.45, 2.75) is 37.8 Å². The van der Waals surface area contributed by atoms with Gasteiger partial charge in [-0.1, -0.05) is 6.07 Å². The number of rotatable bonds is 6. The smallest absolute Gasteiger partial charge is 0.161 e. The van der Waals surface area contributed by atoms with Crippen LogP contribution in [0.3, 0.4) is 0 Å². The van der Waals surface area contributed by atoms with Crippen LogP contribution in [-0.2, 0) is 4.74 Å². The van der Waals surface area contributed by atoms with Gasteiger partial charge >= 0.3 is 0 Å². The average Bonchev–Trinajstić information content (AvgIpc) is 2.53. The van der Waals surface area contributed by atoms with Gasteiger partial charge in [-0.05, 0) is 50.4 Å². The van der Waals surface area contributed by atoms with Crippen molar-refractivity contribution in [2.24, 2.45) is 0 Å². The van der Waals surface area contributed by atoms with Crippen molar-refractivity contribution in [3.63, 3.8) is 0 Å². The molecule has 2 rings (SSSR count). The summed E-state index contributed by atoms with van der Waals surface area (Å²) in [4.78, 5) is 0. The fraction of sp³-hybridized carbons (Fsp3) is 0.625. The van der Waals surface area contributed by atoms with Gasteiger partial charge in [0.05, 0.1) is 20.3 Å². The van der Waals surface area contributed by atoms with E-state index in [1.807, 2.05) is 19.2 Å². The van der Waals surface area contributed by atoms with Crippen molar-refractivity contribution in [3.05, 3.63) is 23.8 Å². The number of hydrogen-bond acceptors (Lipinski definition) is 4. The molecular formula is C16H25NO3. The van der Waals surface area contributed by atoms with Gasteiger partial charge < -0.3 is 19.5 Å². The molecule has 0 spiro atoms. The Kier molecular flexibility index (Phi) is 5.68. The standard InChI is InChI=1S/C16H25NO3/c1-17-14(11-13-6-4-5-9-20-13)12-7-8-15(18-2)16(10-12)19-3/h7-8,10,13-14,17H,4-6,9,11H2,1-3H3. The molecule has 0 bridgehead atoms. The molecule has 112 valence electrons. The second-order valence-corrected chi connectivity index (χ2v) is 5.18. The highest BCUT2D eigenvalue weighted by Gasteiger charge is 2.20. The van der Waals surface area contributed by atoms with E-state index in [4.69, 9.17) is 14.2 Å². The van der Waals surface area contributed by atoms with Crippen LogP contribution >= 0.6 is 0 Å². The van der Waals surface area contributed by atoms with Gasteiger partial charge in [0.1, 0.15) is 0 Å². The SMILES string of the molecule is CNC(CC1CCCCO1)c1ccc(OC)c(OC)c1. The van der Waals surface area contributed by atoms with Gasteiger partial charge in [-0.25, -0.2) is 0 Å². The van der Waals surface area contributed by atoms with Crippen molar-refractivity contribution in [1.29, 1.82) is 0 Å². The molecule has 2 unspecified atom stereocenters. The van der Waals surface area contributed by atoms with Crippen LogP contribution in [0.1, 0.15) is 37.3 Å². The second kappa shape index (κ2) is 7.50. The summed E-state index contributed by atoms with van der Waals surface area (Å²) in [5.41, 5.74) is 1.21. The van der Waals surface area contributed by atoms with Crippen LogP contribution in [-0.4, -0.2) is 34.0 Å². The molecule has 1 saturated heterocycles. The second-order valence-electron chi connectivity index (χ2n) is 5.18. The minimum absolute atomic E-state index is 0.276. The van der Waals surface area contributed by atoms with E-state index in [1.165, 1.54) is 18.4 Å². The number of methoxy groups -OCH3 is 2. The van der Waals surface area contributed by atoms with Gasteiger partial charge in [0.25, 0.3) is 0 Å². The minimum atomic E-state index is 0.276. The zero-order chi connectivity index (χ0) is 14.4. The van der Waals surface area contributed by atoms with E-state index < -0.39 is 0 Å². The monoisotopic (exact) mass is 279 g/mol. The predicted molar refractivity (Wildman–Crippen MR) is 79.6 cm³/mol. The lowest BCUT2D eigenvalue weighted by molar-refractivity contribution is 0.00547. The van der Waals surface area contributed by atoms with E-state index in [0.717, 1.165) is 30.9 Å². The van der Waals surface area contributed by atoms with Gasteiger partial charge in [0, 0.05) is 12.6 Å². The van der Waals surface area contributed by atoms with E-state index >= 15 is 0 Å². The first-order valence-electron chi connectivity index (χ1n) is 7.29. The fourth-order valence-electron chi connectivity index (χ4n) is 2.75. The molecule has 1 aliphatic heterocycles. The number of ether oxygens (including phenoxy) is 3. The number of hydrogen-bond donors (Lipinski definition) is 1. The Morgan fingerprint density at radius 2 is 2.05 bits per heavy atom. The first-order valence-corrected chi connectivity index (χ1v) is 7.29. The largest absolute Gasteiger partial charge is 0.493 e. The molecule has 0 saturated carbocycles. The minimum Gasteiger partial charge on any atom is -0.493 e. The predicted octanol–water partition coefficient (Wildman–Crippen LogP) is 2.92. The van der Waals surface area contributed by atoms with Gasteiger partial charge in [0.2, 0.25) is 0 Å². The third-order valence-electron chi connectivity index (χ3n) is 3.93. The van der Waals surface area contributed by atoms with Crippen LogP contribution < -0.4 is 14.8 Å². The summed E-state index contributed by atoms with van der Waals surface area (Å²) in [6.45, 7) is 0.896. The first-order chi connectivity index (χ1) is 9.78. The maximum atomic E-state index is 5.84. The van der Waals surface area contributed by atoms with Crippen LogP contribution in [0.5, 0.6) is 11.5 Å².